The van der Waals surface area contributed by atoms with E-state index in [1.807, 2.05) is 0 Å². The molecule has 0 radical (unpaired) electrons. The lowest BCUT2D eigenvalue weighted by molar-refractivity contribution is 0.426. The molecule has 1 aliphatic rings. The molecule has 1 saturated carbocycles. The monoisotopic (exact) mass is 138 g/mol. The molecule has 3 nitrogen and oxygen atoms in total. The lowest BCUT2D eigenvalue weighted by Crippen LogP contribution is -2.04. The minimum absolute atomic E-state index is 0.274. The summed E-state index contributed by atoms with van der Waals surface area (Å²) in [5.74, 6) is 0.829. The Morgan fingerprint density at radius 3 is 2.90 bits per heavy atom. The minimum Gasteiger partial charge on any atom is -0.427 e. The zero-order chi connectivity index (χ0) is 7.03. The summed E-state index contributed by atoms with van der Waals surface area (Å²) in [6, 6.07) is 0. The minimum atomic E-state index is 0.274. The molecule has 1 aromatic heterocycles. The molecule has 54 valence electrons. The van der Waals surface area contributed by atoms with Crippen molar-refractivity contribution in [2.75, 3.05) is 0 Å². The molecule has 1 aliphatic carbocycles. The van der Waals surface area contributed by atoms with E-state index in [9.17, 15) is 0 Å². The average Bonchev–Trinajstić information content (AvgIpc) is 2.58. The van der Waals surface area contributed by atoms with Crippen molar-refractivity contribution in [1.29, 1.82) is 0 Å². The second kappa shape index (κ2) is 1.81. The highest BCUT2D eigenvalue weighted by molar-refractivity contribution is 5.12. The summed E-state index contributed by atoms with van der Waals surface area (Å²) in [5.41, 5.74) is 0.274. The summed E-state index contributed by atoms with van der Waals surface area (Å²) in [4.78, 5) is 0. The Balaban J connectivity index is 2.27. The van der Waals surface area contributed by atoms with Crippen molar-refractivity contribution in [3.63, 3.8) is 0 Å². The first-order valence-corrected chi connectivity index (χ1v) is 3.64. The first kappa shape index (κ1) is 5.89. The second-order valence-electron chi connectivity index (χ2n) is 2.88. The van der Waals surface area contributed by atoms with Crippen LogP contribution in [0, 0.1) is 0 Å². The molecular weight excluding hydrogens is 128 g/mol. The molecule has 0 aromatic carbocycles. The van der Waals surface area contributed by atoms with Gasteiger partial charge in [-0.15, -0.1) is 10.2 Å². The number of aromatic nitrogens is 2. The average molecular weight is 138 g/mol. The highest BCUT2D eigenvalue weighted by atomic mass is 16.4. The molecule has 0 bridgehead atoms. The van der Waals surface area contributed by atoms with E-state index in [0.717, 1.165) is 12.3 Å². The van der Waals surface area contributed by atoms with Crippen LogP contribution in [0.25, 0.3) is 0 Å². The third-order valence-electron chi connectivity index (χ3n) is 2.34. The van der Waals surface area contributed by atoms with Gasteiger partial charge >= 0.3 is 0 Å². The van der Waals surface area contributed by atoms with Crippen LogP contribution in [0.3, 0.4) is 0 Å². The number of nitrogens with zero attached hydrogens (tertiary/aromatic N) is 2. The Bertz CT molecular complexity index is 214. The first-order chi connectivity index (χ1) is 4.87. The number of rotatable bonds is 2. The lowest BCUT2D eigenvalue weighted by Gasteiger charge is -2.03. The molecule has 2 rings (SSSR count). The Morgan fingerprint density at radius 2 is 2.50 bits per heavy atom. The van der Waals surface area contributed by atoms with Crippen LogP contribution in [0.15, 0.2) is 10.8 Å². The fraction of sp³-hybridized carbons (Fsp3) is 0.714. The SMILES string of the molecule is CCC1(c2nnco2)CC1. The van der Waals surface area contributed by atoms with E-state index in [0.29, 0.717) is 0 Å². The molecule has 1 aromatic rings. The van der Waals surface area contributed by atoms with Crippen molar-refractivity contribution >= 4 is 0 Å². The number of hydrogen-bond acceptors (Lipinski definition) is 3. The van der Waals surface area contributed by atoms with Gasteiger partial charge in [-0.3, -0.25) is 0 Å². The zero-order valence-corrected chi connectivity index (χ0v) is 6.00. The van der Waals surface area contributed by atoms with Gasteiger partial charge in [-0.25, -0.2) is 0 Å². The van der Waals surface area contributed by atoms with Crippen LogP contribution in [0.1, 0.15) is 32.1 Å². The topological polar surface area (TPSA) is 38.9 Å². The van der Waals surface area contributed by atoms with Crippen LogP contribution in [0.4, 0.5) is 0 Å². The second-order valence-corrected chi connectivity index (χ2v) is 2.88. The smallest absolute Gasteiger partial charge is 0.222 e. The van der Waals surface area contributed by atoms with Gasteiger partial charge in [0.05, 0.1) is 0 Å². The molecule has 0 amide bonds. The van der Waals surface area contributed by atoms with Gasteiger partial charge in [0.1, 0.15) is 0 Å². The van der Waals surface area contributed by atoms with Gasteiger partial charge in [0, 0.05) is 5.41 Å². The predicted octanol–water partition coefficient (Wildman–Crippen LogP) is 1.51. The Morgan fingerprint density at radius 1 is 1.70 bits per heavy atom. The maximum Gasteiger partial charge on any atom is 0.222 e. The standard InChI is InChI=1S/C7H10N2O/c1-2-7(3-4-7)6-9-8-5-10-6/h5H,2-4H2,1H3. The van der Waals surface area contributed by atoms with Gasteiger partial charge < -0.3 is 4.42 Å². The van der Waals surface area contributed by atoms with Gasteiger partial charge in [-0.05, 0) is 19.3 Å². The predicted molar refractivity (Wildman–Crippen MR) is 35.5 cm³/mol. The summed E-state index contributed by atoms with van der Waals surface area (Å²) in [7, 11) is 0. The largest absolute Gasteiger partial charge is 0.427 e. The quantitative estimate of drug-likeness (QED) is 0.621. The van der Waals surface area contributed by atoms with E-state index < -0.39 is 0 Å². The van der Waals surface area contributed by atoms with E-state index in [1.165, 1.54) is 19.2 Å². The summed E-state index contributed by atoms with van der Waals surface area (Å²) < 4.78 is 5.13. The fourth-order valence-electron chi connectivity index (χ4n) is 1.27. The lowest BCUT2D eigenvalue weighted by atomic mass is 10.0. The molecule has 0 spiro atoms. The maximum atomic E-state index is 5.13. The van der Waals surface area contributed by atoms with Crippen molar-refractivity contribution in [2.24, 2.45) is 0 Å². The van der Waals surface area contributed by atoms with Crippen molar-refractivity contribution in [2.45, 2.75) is 31.6 Å². The van der Waals surface area contributed by atoms with Gasteiger partial charge in [-0.1, -0.05) is 6.92 Å². The fourth-order valence-corrected chi connectivity index (χ4v) is 1.27. The molecule has 0 aliphatic heterocycles. The van der Waals surface area contributed by atoms with Crippen LogP contribution in [0.2, 0.25) is 0 Å². The van der Waals surface area contributed by atoms with Crippen molar-refractivity contribution < 1.29 is 4.42 Å². The van der Waals surface area contributed by atoms with E-state index >= 15 is 0 Å². The molecule has 0 N–H and O–H groups in total. The van der Waals surface area contributed by atoms with Crippen LogP contribution in [-0.4, -0.2) is 10.2 Å². The highest BCUT2D eigenvalue weighted by Gasteiger charge is 2.46. The number of hydrogen-bond donors (Lipinski definition) is 0. The van der Waals surface area contributed by atoms with Crippen LogP contribution in [-0.2, 0) is 5.41 Å². The molecule has 0 unspecified atom stereocenters. The third kappa shape index (κ3) is 0.664. The summed E-state index contributed by atoms with van der Waals surface area (Å²) in [6.07, 6.45) is 4.96. The summed E-state index contributed by atoms with van der Waals surface area (Å²) in [5, 5.41) is 7.56. The summed E-state index contributed by atoms with van der Waals surface area (Å²) >= 11 is 0. The molecule has 1 fully saturated rings. The highest BCUT2D eigenvalue weighted by Crippen LogP contribution is 2.49. The molecule has 3 heteroatoms. The maximum absolute atomic E-state index is 5.13. The van der Waals surface area contributed by atoms with E-state index in [4.69, 9.17) is 4.42 Å². The third-order valence-corrected chi connectivity index (χ3v) is 2.34. The Hall–Kier alpha value is -0.860. The Labute approximate surface area is 59.5 Å². The van der Waals surface area contributed by atoms with Crippen LogP contribution < -0.4 is 0 Å². The molecular formula is C7H10N2O. The van der Waals surface area contributed by atoms with Gasteiger partial charge in [-0.2, -0.15) is 0 Å². The van der Waals surface area contributed by atoms with Crippen molar-refractivity contribution in [1.82, 2.24) is 10.2 Å². The first-order valence-electron chi connectivity index (χ1n) is 3.64. The van der Waals surface area contributed by atoms with Gasteiger partial charge in [0.25, 0.3) is 0 Å². The zero-order valence-electron chi connectivity index (χ0n) is 6.00. The van der Waals surface area contributed by atoms with Crippen molar-refractivity contribution in [3.05, 3.63) is 12.3 Å². The molecule has 10 heavy (non-hydrogen) atoms. The van der Waals surface area contributed by atoms with Crippen LogP contribution >= 0.6 is 0 Å². The summed E-state index contributed by atoms with van der Waals surface area (Å²) in [6.45, 7) is 2.16. The van der Waals surface area contributed by atoms with Crippen LogP contribution in [0.5, 0.6) is 0 Å². The van der Waals surface area contributed by atoms with Gasteiger partial charge in [0.2, 0.25) is 12.3 Å². The molecule has 1 heterocycles. The van der Waals surface area contributed by atoms with E-state index in [1.54, 1.807) is 0 Å². The normalized spacial score (nSPS) is 20.9. The van der Waals surface area contributed by atoms with E-state index in [-0.39, 0.29) is 5.41 Å². The van der Waals surface area contributed by atoms with Crippen molar-refractivity contribution in [3.8, 4) is 0 Å². The van der Waals surface area contributed by atoms with E-state index in [2.05, 4.69) is 17.1 Å². The Kier molecular flexibility index (Phi) is 1.07. The molecule has 0 atom stereocenters. The molecule has 0 saturated heterocycles. The van der Waals surface area contributed by atoms with Gasteiger partial charge in [0.15, 0.2) is 0 Å².